The molecular weight excluding hydrogens is 436 g/mol. The number of aromatic nitrogens is 3. The van der Waals surface area contributed by atoms with Gasteiger partial charge in [-0.1, -0.05) is 32.4 Å². The van der Waals surface area contributed by atoms with E-state index in [9.17, 15) is 20.1 Å². The van der Waals surface area contributed by atoms with Gasteiger partial charge >= 0.3 is 6.09 Å². The number of hydrogen-bond donors (Lipinski definition) is 3. The van der Waals surface area contributed by atoms with Gasteiger partial charge in [-0.3, -0.25) is 0 Å². The smallest absolute Gasteiger partial charge is 0.417 e. The SMILES string of the molecule is CCOc1ccc(N(C(=O)O)c2c(CC(O)CO)c(Cl)nc3ccnn23)c(C(C)(C)C)c1. The third-order valence-corrected chi connectivity index (χ3v) is 5.25. The lowest BCUT2D eigenvalue weighted by atomic mass is 9.85. The van der Waals surface area contributed by atoms with Gasteiger partial charge in [0.1, 0.15) is 10.9 Å². The minimum atomic E-state index is -1.27. The van der Waals surface area contributed by atoms with Crippen LogP contribution in [-0.2, 0) is 11.8 Å². The van der Waals surface area contributed by atoms with Gasteiger partial charge in [0.25, 0.3) is 0 Å². The zero-order chi connectivity index (χ0) is 23.6. The molecule has 0 saturated carbocycles. The maximum Gasteiger partial charge on any atom is 0.417 e. The van der Waals surface area contributed by atoms with Gasteiger partial charge in [0.05, 0.1) is 31.2 Å². The van der Waals surface area contributed by atoms with Crippen LogP contribution in [0.1, 0.15) is 38.8 Å². The first kappa shape index (κ1) is 23.8. The van der Waals surface area contributed by atoms with Crippen LogP contribution >= 0.6 is 11.6 Å². The topological polar surface area (TPSA) is 120 Å². The van der Waals surface area contributed by atoms with E-state index < -0.39 is 24.2 Å². The molecule has 0 radical (unpaired) electrons. The van der Waals surface area contributed by atoms with Crippen molar-refractivity contribution in [2.24, 2.45) is 0 Å². The van der Waals surface area contributed by atoms with Gasteiger partial charge < -0.3 is 20.1 Å². The number of anilines is 2. The van der Waals surface area contributed by atoms with E-state index in [4.69, 9.17) is 16.3 Å². The molecule has 172 valence electrons. The molecule has 2 aromatic heterocycles. The first-order chi connectivity index (χ1) is 15.1. The van der Waals surface area contributed by atoms with Gasteiger partial charge in [0.2, 0.25) is 0 Å². The Kier molecular flexibility index (Phi) is 6.92. The van der Waals surface area contributed by atoms with E-state index in [0.717, 1.165) is 10.5 Å². The molecule has 2 heterocycles. The number of carbonyl (C=O) groups is 1. The first-order valence-corrected chi connectivity index (χ1v) is 10.6. The van der Waals surface area contributed by atoms with E-state index in [-0.39, 0.29) is 23.0 Å². The Morgan fingerprint density at radius 2 is 2.03 bits per heavy atom. The molecule has 0 aliphatic heterocycles. The fraction of sp³-hybridized carbons (Fsp3) is 0.409. The van der Waals surface area contributed by atoms with Crippen molar-refractivity contribution in [2.75, 3.05) is 18.1 Å². The Labute approximate surface area is 190 Å². The lowest BCUT2D eigenvalue weighted by Crippen LogP contribution is -2.31. The fourth-order valence-electron chi connectivity index (χ4n) is 3.51. The molecule has 1 aromatic carbocycles. The molecule has 9 nitrogen and oxygen atoms in total. The van der Waals surface area contributed by atoms with E-state index >= 15 is 0 Å². The van der Waals surface area contributed by atoms with Crippen molar-refractivity contribution < 1.29 is 24.9 Å². The number of nitrogens with zero attached hydrogens (tertiary/aromatic N) is 4. The van der Waals surface area contributed by atoms with Crippen LogP contribution in [0.25, 0.3) is 5.65 Å². The second kappa shape index (κ2) is 9.32. The van der Waals surface area contributed by atoms with Gasteiger partial charge in [-0.15, -0.1) is 0 Å². The highest BCUT2D eigenvalue weighted by molar-refractivity contribution is 6.30. The Balaban J connectivity index is 2.35. The summed E-state index contributed by atoms with van der Waals surface area (Å²) >= 11 is 6.41. The van der Waals surface area contributed by atoms with Crippen molar-refractivity contribution in [3.05, 3.63) is 46.7 Å². The Morgan fingerprint density at radius 1 is 1.31 bits per heavy atom. The standard InChI is InChI=1S/C22H27ClN4O5/c1-5-32-14-6-7-17(16(11-14)22(2,3)4)26(21(30)31)20-15(10-13(29)12-28)19(23)25-18-8-9-24-27(18)20/h6-9,11,13,28-29H,5,10,12H2,1-4H3,(H,30,31). The second-order valence-corrected chi connectivity index (χ2v) is 8.68. The molecular formula is C22H27ClN4O5. The summed E-state index contributed by atoms with van der Waals surface area (Å²) in [6.07, 6.45) is -1.05. The molecule has 10 heteroatoms. The molecule has 0 fully saturated rings. The van der Waals surface area contributed by atoms with Crippen LogP contribution in [0.15, 0.2) is 30.5 Å². The number of aliphatic hydroxyl groups excluding tert-OH is 2. The minimum Gasteiger partial charge on any atom is -0.494 e. The van der Waals surface area contributed by atoms with Crippen molar-refractivity contribution in [3.8, 4) is 5.75 Å². The average molecular weight is 463 g/mol. The zero-order valence-corrected chi connectivity index (χ0v) is 19.2. The number of halogens is 1. The van der Waals surface area contributed by atoms with Gasteiger partial charge in [0, 0.05) is 18.1 Å². The number of benzene rings is 1. The van der Waals surface area contributed by atoms with Crippen LogP contribution in [0.4, 0.5) is 16.3 Å². The summed E-state index contributed by atoms with van der Waals surface area (Å²) in [5.41, 5.74) is 1.29. The lowest BCUT2D eigenvalue weighted by Gasteiger charge is -2.30. The van der Waals surface area contributed by atoms with Gasteiger partial charge in [-0.05, 0) is 36.1 Å². The number of rotatable bonds is 7. The highest BCUT2D eigenvalue weighted by Gasteiger charge is 2.32. The van der Waals surface area contributed by atoms with E-state index in [1.54, 1.807) is 18.2 Å². The molecule has 0 spiro atoms. The van der Waals surface area contributed by atoms with Crippen LogP contribution in [0.3, 0.4) is 0 Å². The Hall–Kier alpha value is -2.88. The number of ether oxygens (including phenoxy) is 1. The van der Waals surface area contributed by atoms with Gasteiger partial charge in [0.15, 0.2) is 11.5 Å². The van der Waals surface area contributed by atoms with E-state index in [0.29, 0.717) is 23.7 Å². The normalized spacial score (nSPS) is 12.7. The number of amides is 1. The molecule has 0 aliphatic rings. The maximum atomic E-state index is 12.7. The third-order valence-electron chi connectivity index (χ3n) is 4.94. The van der Waals surface area contributed by atoms with Gasteiger partial charge in [-0.2, -0.15) is 9.61 Å². The van der Waals surface area contributed by atoms with Crippen molar-refractivity contribution in [3.63, 3.8) is 0 Å². The van der Waals surface area contributed by atoms with E-state index in [1.165, 1.54) is 10.7 Å². The molecule has 1 unspecified atom stereocenters. The maximum absolute atomic E-state index is 12.7. The first-order valence-electron chi connectivity index (χ1n) is 10.2. The fourth-order valence-corrected chi connectivity index (χ4v) is 3.76. The number of carboxylic acid groups (broad SMARTS) is 1. The summed E-state index contributed by atoms with van der Waals surface area (Å²) in [5.74, 6) is 0.749. The summed E-state index contributed by atoms with van der Waals surface area (Å²) in [7, 11) is 0. The van der Waals surface area contributed by atoms with Crippen LogP contribution < -0.4 is 9.64 Å². The summed E-state index contributed by atoms with van der Waals surface area (Å²) in [6, 6.07) is 6.80. The molecule has 0 aliphatic carbocycles. The molecule has 1 amide bonds. The van der Waals surface area contributed by atoms with Crippen LogP contribution in [0.2, 0.25) is 5.15 Å². The van der Waals surface area contributed by atoms with Crippen molar-refractivity contribution in [2.45, 2.75) is 45.6 Å². The largest absolute Gasteiger partial charge is 0.494 e. The van der Waals surface area contributed by atoms with Crippen molar-refractivity contribution in [1.82, 2.24) is 14.6 Å². The predicted octanol–water partition coefficient (Wildman–Crippen LogP) is 3.79. The Morgan fingerprint density at radius 3 is 2.62 bits per heavy atom. The van der Waals surface area contributed by atoms with E-state index in [2.05, 4.69) is 10.1 Å². The second-order valence-electron chi connectivity index (χ2n) is 8.33. The lowest BCUT2D eigenvalue weighted by molar-refractivity contribution is 0.0954. The highest BCUT2D eigenvalue weighted by atomic mass is 35.5. The molecule has 3 N–H and O–H groups in total. The number of aliphatic hydroxyl groups is 2. The molecule has 32 heavy (non-hydrogen) atoms. The summed E-state index contributed by atoms with van der Waals surface area (Å²) < 4.78 is 7.00. The van der Waals surface area contributed by atoms with Crippen LogP contribution in [-0.4, -0.2) is 55.3 Å². The molecule has 3 rings (SSSR count). The molecule has 1 atom stereocenters. The van der Waals surface area contributed by atoms with Crippen molar-refractivity contribution >= 4 is 34.8 Å². The third kappa shape index (κ3) is 4.64. The monoisotopic (exact) mass is 462 g/mol. The zero-order valence-electron chi connectivity index (χ0n) is 18.4. The highest BCUT2D eigenvalue weighted by Crippen LogP contribution is 2.40. The number of hydrogen-bond acceptors (Lipinski definition) is 6. The molecule has 3 aromatic rings. The predicted molar refractivity (Wildman–Crippen MR) is 121 cm³/mol. The summed E-state index contributed by atoms with van der Waals surface area (Å²) in [6.45, 7) is 7.75. The summed E-state index contributed by atoms with van der Waals surface area (Å²) in [4.78, 5) is 18.0. The van der Waals surface area contributed by atoms with Crippen LogP contribution in [0, 0.1) is 0 Å². The number of fused-ring (bicyclic) bond motifs is 1. The van der Waals surface area contributed by atoms with Gasteiger partial charge in [-0.25, -0.2) is 14.7 Å². The van der Waals surface area contributed by atoms with Crippen molar-refractivity contribution in [1.29, 1.82) is 0 Å². The minimum absolute atomic E-state index is 0.0231. The molecule has 0 saturated heterocycles. The summed E-state index contributed by atoms with van der Waals surface area (Å²) in [5, 5.41) is 34.1. The molecule has 0 bridgehead atoms. The average Bonchev–Trinajstić information content (AvgIpc) is 3.18. The van der Waals surface area contributed by atoms with Crippen LogP contribution in [0.5, 0.6) is 5.75 Å². The van der Waals surface area contributed by atoms with E-state index in [1.807, 2.05) is 33.8 Å². The quantitative estimate of drug-likeness (QED) is 0.457. The Bertz CT molecular complexity index is 1130.